The lowest BCUT2D eigenvalue weighted by molar-refractivity contribution is -0.149. The number of aromatic nitrogens is 3. The summed E-state index contributed by atoms with van der Waals surface area (Å²) in [5, 5.41) is 10.9. The van der Waals surface area contributed by atoms with Gasteiger partial charge in [0.05, 0.1) is 11.6 Å². The summed E-state index contributed by atoms with van der Waals surface area (Å²) in [5.74, 6) is -0.720. The number of nitrogens with zero attached hydrogens (tertiary/aromatic N) is 2. The maximum Gasteiger partial charge on any atom is 0.459 e. The Bertz CT molecular complexity index is 1630. The summed E-state index contributed by atoms with van der Waals surface area (Å²) in [6.45, 7) is 4.61. The van der Waals surface area contributed by atoms with Crippen molar-refractivity contribution in [2.75, 3.05) is 0 Å². The third kappa shape index (κ3) is 4.84. The number of carbonyl (C=O) groups is 1. The Labute approximate surface area is 230 Å². The molecule has 16 heteroatoms. The van der Waals surface area contributed by atoms with Crippen LogP contribution in [0.4, 0.5) is 4.39 Å². The average molecular weight is 599 g/mol. The highest BCUT2D eigenvalue weighted by molar-refractivity contribution is 7.52. The summed E-state index contributed by atoms with van der Waals surface area (Å²) in [4.78, 5) is 42.2. The van der Waals surface area contributed by atoms with E-state index in [0.29, 0.717) is 15.5 Å². The van der Waals surface area contributed by atoms with Crippen molar-refractivity contribution in [1.29, 1.82) is 0 Å². The van der Waals surface area contributed by atoms with Crippen molar-refractivity contribution in [3.8, 4) is 5.75 Å². The molecular formula is C24H25ClFN4O9P. The largest absolute Gasteiger partial charge is 0.462 e. The number of rotatable bonds is 9. The highest BCUT2D eigenvalue weighted by Gasteiger charge is 2.87. The van der Waals surface area contributed by atoms with Crippen LogP contribution in [0.5, 0.6) is 5.75 Å². The van der Waals surface area contributed by atoms with Crippen LogP contribution >= 0.6 is 19.3 Å². The van der Waals surface area contributed by atoms with Gasteiger partial charge in [0.1, 0.15) is 24.0 Å². The van der Waals surface area contributed by atoms with Crippen LogP contribution in [0.2, 0.25) is 0 Å². The first-order valence-corrected chi connectivity index (χ1v) is 14.1. The monoisotopic (exact) mass is 598 g/mol. The van der Waals surface area contributed by atoms with E-state index >= 15 is 4.39 Å². The van der Waals surface area contributed by atoms with E-state index in [1.807, 2.05) is 4.98 Å². The van der Waals surface area contributed by atoms with Crippen molar-refractivity contribution < 1.29 is 37.4 Å². The zero-order valence-electron chi connectivity index (χ0n) is 21.3. The number of aliphatic hydroxyl groups is 1. The zero-order chi connectivity index (χ0) is 29.0. The van der Waals surface area contributed by atoms with E-state index in [-0.39, 0.29) is 5.75 Å². The maximum atomic E-state index is 15.9. The number of nitrogens with one attached hydrogen (secondary N) is 2. The molecule has 2 aliphatic rings. The molecule has 3 heterocycles. The van der Waals surface area contributed by atoms with Crippen molar-refractivity contribution in [3.63, 3.8) is 0 Å². The summed E-state index contributed by atoms with van der Waals surface area (Å²) in [5.41, 5.74) is -3.85. The van der Waals surface area contributed by atoms with Crippen LogP contribution < -0.4 is 20.9 Å². The molecule has 214 valence electrons. The molecule has 1 aliphatic heterocycles. The van der Waals surface area contributed by atoms with Crippen molar-refractivity contribution in [2.24, 2.45) is 0 Å². The molecular weight excluding hydrogens is 574 g/mol. The molecule has 2 fully saturated rings. The van der Waals surface area contributed by atoms with Crippen LogP contribution in [0, 0.1) is 0 Å². The molecule has 0 bridgehead atoms. The molecule has 7 atom stereocenters. The van der Waals surface area contributed by atoms with E-state index < -0.39 is 66.3 Å². The highest BCUT2D eigenvalue weighted by Crippen LogP contribution is 2.67. The second-order valence-electron chi connectivity index (χ2n) is 9.65. The second kappa shape index (κ2) is 10.1. The fraction of sp³-hybridized carbons (Fsp3) is 0.417. The lowest BCUT2D eigenvalue weighted by Crippen LogP contribution is -2.47. The smallest absolute Gasteiger partial charge is 0.459 e. The predicted octanol–water partition coefficient (Wildman–Crippen LogP) is 2.13. The van der Waals surface area contributed by atoms with Gasteiger partial charge in [-0.2, -0.15) is 5.09 Å². The van der Waals surface area contributed by atoms with Crippen molar-refractivity contribution in [2.45, 2.75) is 62.1 Å². The maximum absolute atomic E-state index is 15.9. The summed E-state index contributed by atoms with van der Waals surface area (Å²) in [6, 6.07) is 7.76. The molecule has 0 spiro atoms. The minimum Gasteiger partial charge on any atom is -0.462 e. The Morgan fingerprint density at radius 3 is 2.67 bits per heavy atom. The first-order chi connectivity index (χ1) is 18.8. The van der Waals surface area contributed by atoms with E-state index in [0.717, 1.165) is 12.3 Å². The number of alkyl halides is 2. The standard InChI is InChI=1S/C24H25ClFN4O9P/c1-12(2)36-20(32)13(3)29-40(35,38-16-8-4-7-15-14(16)6-5-10-27-15)39-19-18-23(19,34)24(25,26)21(37-18)30-11-9-17(31)28-22(30)33/h4-13,18-19,21,34H,1-3H3,(H,29,35)(H,28,31,33)/t13-,18+,19?,21-,23-,24-,40?/m0/s1. The van der Waals surface area contributed by atoms with Gasteiger partial charge in [0.25, 0.3) is 10.7 Å². The van der Waals surface area contributed by atoms with Gasteiger partial charge in [-0.15, -0.1) is 0 Å². The van der Waals surface area contributed by atoms with Gasteiger partial charge in [-0.05, 0) is 45.0 Å². The van der Waals surface area contributed by atoms with Crippen molar-refractivity contribution in [3.05, 3.63) is 69.6 Å². The van der Waals surface area contributed by atoms with Gasteiger partial charge in [-0.1, -0.05) is 17.7 Å². The highest BCUT2D eigenvalue weighted by atomic mass is 35.5. The van der Waals surface area contributed by atoms with Crippen LogP contribution in [-0.2, 0) is 23.4 Å². The SMILES string of the molecule is CC(C)OC(=O)[C@H](C)NP(=O)(Oc1cccc2ncccc12)OC1[C@H]2O[C@H](n3ccc(=O)[nH]c3=O)[C@@](F)(Cl)[C@@]12O. The molecule has 2 aromatic heterocycles. The Morgan fingerprint density at radius 2 is 2.02 bits per heavy atom. The Balaban J connectivity index is 1.44. The predicted molar refractivity (Wildman–Crippen MR) is 139 cm³/mol. The molecule has 40 heavy (non-hydrogen) atoms. The third-order valence-electron chi connectivity index (χ3n) is 6.39. The Morgan fingerprint density at radius 1 is 1.27 bits per heavy atom. The van der Waals surface area contributed by atoms with Gasteiger partial charge in [-0.25, -0.2) is 13.8 Å². The second-order valence-corrected chi connectivity index (χ2v) is 11.8. The molecule has 1 saturated heterocycles. The lowest BCUT2D eigenvalue weighted by atomic mass is 10.1. The van der Waals surface area contributed by atoms with Gasteiger partial charge < -0.3 is 19.1 Å². The van der Waals surface area contributed by atoms with E-state index in [1.165, 1.54) is 13.0 Å². The quantitative estimate of drug-likeness (QED) is 0.187. The van der Waals surface area contributed by atoms with E-state index in [4.69, 9.17) is 30.1 Å². The summed E-state index contributed by atoms with van der Waals surface area (Å²) in [6.07, 6.45) is -2.97. The number of pyridine rings is 1. The zero-order valence-corrected chi connectivity index (χ0v) is 23.0. The van der Waals surface area contributed by atoms with Gasteiger partial charge >= 0.3 is 19.4 Å². The topological polar surface area (TPSA) is 171 Å². The number of H-pyrrole nitrogens is 1. The van der Waals surface area contributed by atoms with Crippen molar-refractivity contribution >= 4 is 36.2 Å². The normalized spacial score (nSPS) is 29.5. The van der Waals surface area contributed by atoms with Crippen LogP contribution in [0.1, 0.15) is 27.0 Å². The molecule has 3 aromatic rings. The number of fused-ring (bicyclic) bond motifs is 2. The van der Waals surface area contributed by atoms with Gasteiger partial charge in [-0.3, -0.25) is 28.6 Å². The summed E-state index contributed by atoms with van der Waals surface area (Å²) >= 11 is 6.08. The number of hydrogen-bond acceptors (Lipinski definition) is 10. The first kappa shape index (κ1) is 28.4. The molecule has 13 nitrogen and oxygen atoms in total. The molecule has 0 amide bonds. The number of aromatic amines is 1. The lowest BCUT2D eigenvalue weighted by Gasteiger charge is -2.30. The summed E-state index contributed by atoms with van der Waals surface area (Å²) in [7, 11) is -4.61. The number of ether oxygens (including phenoxy) is 2. The number of benzene rings is 1. The molecule has 1 saturated carbocycles. The number of carbonyl (C=O) groups excluding carboxylic acids is 1. The Kier molecular flexibility index (Phi) is 7.14. The van der Waals surface area contributed by atoms with Crippen LogP contribution in [0.25, 0.3) is 10.9 Å². The van der Waals surface area contributed by atoms with Crippen molar-refractivity contribution in [1.82, 2.24) is 19.6 Å². The number of halogens is 2. The molecule has 2 unspecified atom stereocenters. The molecule has 1 aliphatic carbocycles. The minimum atomic E-state index is -4.61. The molecule has 0 radical (unpaired) electrons. The first-order valence-electron chi connectivity index (χ1n) is 12.1. The van der Waals surface area contributed by atoms with E-state index in [9.17, 15) is 24.1 Å². The Hall–Kier alpha value is -3.13. The third-order valence-corrected chi connectivity index (χ3v) is 8.53. The minimum absolute atomic E-state index is 0.0552. The van der Waals surface area contributed by atoms with Gasteiger partial charge in [0.2, 0.25) is 0 Å². The fourth-order valence-corrected chi connectivity index (χ4v) is 6.51. The van der Waals surface area contributed by atoms with E-state index in [2.05, 4.69) is 10.1 Å². The van der Waals surface area contributed by atoms with Gasteiger partial charge in [0, 0.05) is 23.8 Å². The molecule has 3 N–H and O–H groups in total. The number of esters is 1. The fourth-order valence-electron chi connectivity index (χ4n) is 4.41. The molecule has 1 aromatic carbocycles. The van der Waals surface area contributed by atoms with Crippen LogP contribution in [-0.4, -0.2) is 60.7 Å². The van der Waals surface area contributed by atoms with Crippen LogP contribution in [0.3, 0.4) is 0 Å². The van der Waals surface area contributed by atoms with Crippen LogP contribution in [0.15, 0.2) is 58.4 Å². The summed E-state index contributed by atoms with van der Waals surface area (Å²) < 4.78 is 52.7. The van der Waals surface area contributed by atoms with Gasteiger partial charge in [0.15, 0.2) is 11.8 Å². The number of hydrogen-bond donors (Lipinski definition) is 3. The van der Waals surface area contributed by atoms with E-state index in [1.54, 1.807) is 44.3 Å². The molecule has 5 rings (SSSR count). The average Bonchev–Trinajstić information content (AvgIpc) is 3.36.